The van der Waals surface area contributed by atoms with Crippen LogP contribution in [0.15, 0.2) is 60.2 Å². The minimum Gasteiger partial charge on any atom is -0.504 e. The first-order valence-electron chi connectivity index (χ1n) is 9.25. The fourth-order valence-corrected chi connectivity index (χ4v) is 2.26. The molecule has 0 unspecified atom stereocenters. The van der Waals surface area contributed by atoms with Crippen LogP contribution in [0.1, 0.15) is 25.0 Å². The van der Waals surface area contributed by atoms with Crippen molar-refractivity contribution in [3.63, 3.8) is 0 Å². The molecule has 2 aromatic carbocycles. The molecule has 2 rings (SSSR count). The number of rotatable bonds is 6. The molecule has 0 heterocycles. The third kappa shape index (κ3) is 7.43. The zero-order valence-corrected chi connectivity index (χ0v) is 17.2. The van der Waals surface area contributed by atoms with Crippen molar-refractivity contribution in [2.75, 3.05) is 19.0 Å². The Hall–Kier alpha value is -3.72. The lowest BCUT2D eigenvalue weighted by molar-refractivity contribution is -0.117. The van der Waals surface area contributed by atoms with E-state index in [1.54, 1.807) is 12.1 Å². The van der Waals surface area contributed by atoms with Gasteiger partial charge in [-0.05, 0) is 41.5 Å². The van der Waals surface area contributed by atoms with Gasteiger partial charge >= 0.3 is 0 Å². The molecule has 2 aromatic rings. The van der Waals surface area contributed by atoms with Crippen LogP contribution in [0.25, 0.3) is 6.08 Å². The smallest absolute Gasteiger partial charge is 0.262 e. The van der Waals surface area contributed by atoms with Gasteiger partial charge in [0, 0.05) is 26.3 Å². The fraction of sp³-hybridized carbons (Fsp3) is 0.217. The predicted molar refractivity (Wildman–Crippen MR) is 116 cm³/mol. The summed E-state index contributed by atoms with van der Waals surface area (Å²) in [4.78, 5) is 14.1. The van der Waals surface area contributed by atoms with Gasteiger partial charge < -0.3 is 20.4 Å². The number of nitriles is 1. The van der Waals surface area contributed by atoms with E-state index in [9.17, 15) is 20.3 Å². The summed E-state index contributed by atoms with van der Waals surface area (Å²) in [6.07, 6.45) is 4.90. The number of benzene rings is 2. The highest BCUT2D eigenvalue weighted by Crippen LogP contribution is 2.24. The van der Waals surface area contributed by atoms with Crippen LogP contribution in [0.2, 0.25) is 0 Å². The molecule has 0 spiro atoms. The number of phenolic OH excluding ortho intramolecular Hbond substituents is 2. The predicted octanol–water partition coefficient (Wildman–Crippen LogP) is 3.97. The van der Waals surface area contributed by atoms with Crippen molar-refractivity contribution in [3.8, 4) is 17.6 Å². The molecular formula is C23H27N3O3. The van der Waals surface area contributed by atoms with Gasteiger partial charge in [0.05, 0.1) is 0 Å². The molecule has 0 bridgehead atoms. The molecule has 0 radical (unpaired) electrons. The van der Waals surface area contributed by atoms with E-state index in [4.69, 9.17) is 0 Å². The van der Waals surface area contributed by atoms with Crippen molar-refractivity contribution in [2.45, 2.75) is 20.4 Å². The molecule has 0 saturated heterocycles. The number of hydrogen-bond acceptors (Lipinski definition) is 5. The van der Waals surface area contributed by atoms with Gasteiger partial charge in [-0.2, -0.15) is 5.26 Å². The summed E-state index contributed by atoms with van der Waals surface area (Å²) in [5, 5.41) is 30.5. The molecule has 3 N–H and O–H groups in total. The standard InChI is InChI=1S/C21H21N3O3.C2H6/c1-24(2)18-9-6-15(7-10-18)4-3-5-17(13-22)21(27)23-14-16-8-11-19(25)20(26)12-16;1-2/h3-12,25-26H,14H2,1-2H3,(H,23,27);1-2H3/b4-3+,17-5+;. The second-order valence-corrected chi connectivity index (χ2v) is 6.04. The van der Waals surface area contributed by atoms with E-state index in [-0.39, 0.29) is 23.6 Å². The highest BCUT2D eigenvalue weighted by atomic mass is 16.3. The molecule has 0 atom stereocenters. The van der Waals surface area contributed by atoms with E-state index >= 15 is 0 Å². The lowest BCUT2D eigenvalue weighted by Gasteiger charge is -2.11. The fourth-order valence-electron chi connectivity index (χ4n) is 2.26. The molecule has 1 amide bonds. The first-order valence-corrected chi connectivity index (χ1v) is 9.25. The third-order valence-electron chi connectivity index (χ3n) is 3.82. The summed E-state index contributed by atoms with van der Waals surface area (Å²) in [5.41, 5.74) is 2.61. The quantitative estimate of drug-likeness (QED) is 0.299. The van der Waals surface area contributed by atoms with Crippen LogP contribution in [-0.4, -0.2) is 30.2 Å². The zero-order valence-electron chi connectivity index (χ0n) is 17.2. The maximum absolute atomic E-state index is 12.1. The van der Waals surface area contributed by atoms with Gasteiger partial charge in [0.15, 0.2) is 11.5 Å². The van der Waals surface area contributed by atoms with Gasteiger partial charge in [0.25, 0.3) is 5.91 Å². The molecule has 0 aromatic heterocycles. The Morgan fingerprint density at radius 2 is 1.76 bits per heavy atom. The second-order valence-electron chi connectivity index (χ2n) is 6.04. The van der Waals surface area contributed by atoms with Gasteiger partial charge in [-0.3, -0.25) is 4.79 Å². The summed E-state index contributed by atoms with van der Waals surface area (Å²) >= 11 is 0. The Balaban J connectivity index is 0.00000204. The molecule has 6 nitrogen and oxygen atoms in total. The Morgan fingerprint density at radius 1 is 1.10 bits per heavy atom. The van der Waals surface area contributed by atoms with E-state index in [1.165, 1.54) is 18.2 Å². The van der Waals surface area contributed by atoms with Crippen molar-refractivity contribution in [2.24, 2.45) is 0 Å². The lowest BCUT2D eigenvalue weighted by Crippen LogP contribution is -2.23. The summed E-state index contributed by atoms with van der Waals surface area (Å²) in [6.45, 7) is 4.13. The largest absolute Gasteiger partial charge is 0.504 e. The Bertz CT molecular complexity index is 908. The van der Waals surface area contributed by atoms with Crippen molar-refractivity contribution in [3.05, 3.63) is 71.3 Å². The molecule has 0 aliphatic heterocycles. The van der Waals surface area contributed by atoms with Gasteiger partial charge in [-0.1, -0.05) is 44.2 Å². The van der Waals surface area contributed by atoms with Gasteiger partial charge in [0.1, 0.15) is 11.6 Å². The second kappa shape index (κ2) is 11.9. The monoisotopic (exact) mass is 393 g/mol. The number of allylic oxidation sites excluding steroid dienone is 2. The normalized spacial score (nSPS) is 10.7. The Morgan fingerprint density at radius 3 is 2.31 bits per heavy atom. The first-order chi connectivity index (χ1) is 13.9. The SMILES string of the molecule is CC.CN(C)c1ccc(/C=C/C=C(\C#N)C(=O)NCc2ccc(O)c(O)c2)cc1. The highest BCUT2D eigenvalue weighted by molar-refractivity contribution is 5.97. The molecule has 29 heavy (non-hydrogen) atoms. The average Bonchev–Trinajstić information content (AvgIpc) is 2.73. The van der Waals surface area contributed by atoms with Crippen molar-refractivity contribution in [1.29, 1.82) is 5.26 Å². The number of anilines is 1. The van der Waals surface area contributed by atoms with Crippen LogP contribution in [0.3, 0.4) is 0 Å². The maximum Gasteiger partial charge on any atom is 0.262 e. The number of hydrogen-bond donors (Lipinski definition) is 3. The summed E-state index contributed by atoms with van der Waals surface area (Å²) in [7, 11) is 3.93. The Labute approximate surface area is 172 Å². The minimum absolute atomic E-state index is 0.0286. The maximum atomic E-state index is 12.1. The molecule has 0 aliphatic rings. The van der Waals surface area contributed by atoms with Crippen LogP contribution >= 0.6 is 0 Å². The van der Waals surface area contributed by atoms with Crippen molar-refractivity contribution in [1.82, 2.24) is 5.32 Å². The average molecular weight is 393 g/mol. The van der Waals surface area contributed by atoms with Crippen LogP contribution in [0.5, 0.6) is 11.5 Å². The van der Waals surface area contributed by atoms with E-state index in [0.717, 1.165) is 11.3 Å². The minimum atomic E-state index is -0.516. The molecule has 0 aliphatic carbocycles. The number of carbonyl (C=O) groups is 1. The third-order valence-corrected chi connectivity index (χ3v) is 3.82. The van der Waals surface area contributed by atoms with Crippen LogP contribution in [0.4, 0.5) is 5.69 Å². The lowest BCUT2D eigenvalue weighted by atomic mass is 10.1. The van der Waals surface area contributed by atoms with Gasteiger partial charge in [0.2, 0.25) is 0 Å². The van der Waals surface area contributed by atoms with Crippen LogP contribution < -0.4 is 10.2 Å². The zero-order chi connectivity index (χ0) is 21.8. The number of amides is 1. The summed E-state index contributed by atoms with van der Waals surface area (Å²) in [6, 6.07) is 14.0. The van der Waals surface area contributed by atoms with Crippen molar-refractivity contribution >= 4 is 17.7 Å². The number of carbonyl (C=O) groups excluding carboxylic acids is 1. The molecule has 0 saturated carbocycles. The topological polar surface area (TPSA) is 96.6 Å². The van der Waals surface area contributed by atoms with Crippen LogP contribution in [0, 0.1) is 11.3 Å². The number of nitrogens with zero attached hydrogens (tertiary/aromatic N) is 2. The number of phenols is 2. The first kappa shape index (κ1) is 23.3. The van der Waals surface area contributed by atoms with E-state index in [0.29, 0.717) is 5.56 Å². The van der Waals surface area contributed by atoms with Gasteiger partial charge in [-0.15, -0.1) is 0 Å². The summed E-state index contributed by atoms with van der Waals surface area (Å²) in [5.74, 6) is -1.01. The Kier molecular flexibility index (Phi) is 9.55. The molecule has 0 fully saturated rings. The van der Waals surface area contributed by atoms with E-state index < -0.39 is 5.91 Å². The van der Waals surface area contributed by atoms with Gasteiger partial charge in [-0.25, -0.2) is 0 Å². The van der Waals surface area contributed by atoms with E-state index in [2.05, 4.69) is 5.32 Å². The molecule has 6 heteroatoms. The number of nitrogens with one attached hydrogen (secondary N) is 1. The van der Waals surface area contributed by atoms with E-state index in [1.807, 2.05) is 69.3 Å². The highest BCUT2D eigenvalue weighted by Gasteiger charge is 2.08. The van der Waals surface area contributed by atoms with Crippen molar-refractivity contribution < 1.29 is 15.0 Å². The number of aromatic hydroxyl groups is 2. The molecule has 152 valence electrons. The van der Waals surface area contributed by atoms with Crippen LogP contribution in [-0.2, 0) is 11.3 Å². The molecular weight excluding hydrogens is 366 g/mol. The summed E-state index contributed by atoms with van der Waals surface area (Å²) < 4.78 is 0.